The Morgan fingerprint density at radius 1 is 1.20 bits per heavy atom. The summed E-state index contributed by atoms with van der Waals surface area (Å²) < 4.78 is 5.25. The van der Waals surface area contributed by atoms with E-state index < -0.39 is 6.09 Å². The molecule has 1 saturated carbocycles. The Hall–Kier alpha value is -1.84. The molecule has 0 aromatic heterocycles. The first-order valence-electron chi connectivity index (χ1n) is 7.28. The van der Waals surface area contributed by atoms with Crippen molar-refractivity contribution in [2.45, 2.75) is 32.3 Å². The fourth-order valence-electron chi connectivity index (χ4n) is 3.24. The highest BCUT2D eigenvalue weighted by molar-refractivity contribution is 5.95. The first-order valence-corrected chi connectivity index (χ1v) is 7.28. The summed E-state index contributed by atoms with van der Waals surface area (Å²) in [6, 6.07) is 9.52. The Morgan fingerprint density at radius 2 is 1.95 bits per heavy atom. The maximum atomic E-state index is 12.2. The molecule has 1 aromatic rings. The van der Waals surface area contributed by atoms with E-state index in [0.717, 1.165) is 24.8 Å². The van der Waals surface area contributed by atoms with E-state index >= 15 is 0 Å². The van der Waals surface area contributed by atoms with E-state index in [0.29, 0.717) is 12.5 Å². The third-order valence-electron chi connectivity index (χ3n) is 4.33. The van der Waals surface area contributed by atoms with Gasteiger partial charge in [0.2, 0.25) is 5.91 Å². The molecule has 0 N–H and O–H groups in total. The van der Waals surface area contributed by atoms with Crippen molar-refractivity contribution in [3.63, 3.8) is 0 Å². The lowest BCUT2D eigenvalue weighted by Crippen LogP contribution is -2.34. The fourth-order valence-corrected chi connectivity index (χ4v) is 3.24. The molecule has 2 aliphatic rings. The molecule has 1 saturated heterocycles. The smallest absolute Gasteiger partial charge is 0.416 e. The largest absolute Gasteiger partial charge is 0.444 e. The molecule has 4 heteroatoms. The Bertz CT molecular complexity index is 500. The number of nitrogens with zero attached hydrogens (tertiary/aromatic N) is 1. The van der Waals surface area contributed by atoms with Gasteiger partial charge in [0, 0.05) is 12.5 Å². The number of hydrogen-bond donors (Lipinski definition) is 0. The molecular weight excluding hydrogens is 254 g/mol. The molecule has 0 bridgehead atoms. The molecule has 2 amide bonds. The van der Waals surface area contributed by atoms with Crippen molar-refractivity contribution in [3.05, 3.63) is 35.9 Å². The number of amides is 2. The molecule has 0 radical (unpaired) electrons. The highest BCUT2D eigenvalue weighted by Crippen LogP contribution is 2.37. The van der Waals surface area contributed by atoms with Crippen molar-refractivity contribution >= 4 is 12.0 Å². The van der Waals surface area contributed by atoms with E-state index in [9.17, 15) is 9.59 Å². The summed E-state index contributed by atoms with van der Waals surface area (Å²) in [7, 11) is 0. The number of hydrogen-bond acceptors (Lipinski definition) is 3. The standard InChI is InChI=1S/C16H19NO3/c18-15-14-9-5-4-8-13(14)10-17(15)16(19)20-11-12-6-2-1-3-7-12/h1-3,6-7,13-14H,4-5,8-11H2/t13-,14-/m1/s1. The maximum Gasteiger partial charge on any atom is 0.416 e. The van der Waals surface area contributed by atoms with Crippen molar-refractivity contribution in [1.82, 2.24) is 4.90 Å². The topological polar surface area (TPSA) is 46.6 Å². The minimum absolute atomic E-state index is 0.0345. The number of likely N-dealkylation sites (tertiary alicyclic amines) is 1. The first-order chi connectivity index (χ1) is 9.75. The number of fused-ring (bicyclic) bond motifs is 1. The van der Waals surface area contributed by atoms with Crippen LogP contribution in [-0.2, 0) is 16.1 Å². The van der Waals surface area contributed by atoms with Gasteiger partial charge in [-0.05, 0) is 24.3 Å². The molecule has 20 heavy (non-hydrogen) atoms. The van der Waals surface area contributed by atoms with Crippen molar-refractivity contribution < 1.29 is 14.3 Å². The molecule has 1 aromatic carbocycles. The van der Waals surface area contributed by atoms with Crippen molar-refractivity contribution in [2.24, 2.45) is 11.8 Å². The lowest BCUT2D eigenvalue weighted by Gasteiger charge is -2.21. The lowest BCUT2D eigenvalue weighted by atomic mass is 9.81. The summed E-state index contributed by atoms with van der Waals surface area (Å²) in [5.41, 5.74) is 0.935. The maximum absolute atomic E-state index is 12.2. The van der Waals surface area contributed by atoms with Gasteiger partial charge in [0.05, 0.1) is 0 Å². The average molecular weight is 273 g/mol. The summed E-state index contributed by atoms with van der Waals surface area (Å²) in [5, 5.41) is 0. The third-order valence-corrected chi connectivity index (χ3v) is 4.33. The number of carbonyl (C=O) groups is 2. The molecule has 0 spiro atoms. The third kappa shape index (κ3) is 2.55. The zero-order valence-electron chi connectivity index (χ0n) is 11.5. The van der Waals surface area contributed by atoms with Gasteiger partial charge < -0.3 is 4.74 Å². The van der Waals surface area contributed by atoms with Crippen LogP contribution in [0.2, 0.25) is 0 Å². The summed E-state index contributed by atoms with van der Waals surface area (Å²) in [6.45, 7) is 0.760. The van der Waals surface area contributed by atoms with Crippen LogP contribution in [0.25, 0.3) is 0 Å². The van der Waals surface area contributed by atoms with E-state index in [1.165, 1.54) is 11.3 Å². The highest BCUT2D eigenvalue weighted by Gasteiger charge is 2.44. The van der Waals surface area contributed by atoms with Crippen LogP contribution in [0, 0.1) is 11.8 Å². The Balaban J connectivity index is 1.59. The molecule has 1 aliphatic carbocycles. The number of rotatable bonds is 2. The summed E-state index contributed by atoms with van der Waals surface area (Å²) in [6.07, 6.45) is 3.75. The average Bonchev–Trinajstić information content (AvgIpc) is 2.84. The predicted octanol–water partition coefficient (Wildman–Crippen LogP) is 2.97. The van der Waals surface area contributed by atoms with Gasteiger partial charge in [-0.25, -0.2) is 9.69 Å². The van der Waals surface area contributed by atoms with Crippen molar-refractivity contribution in [1.29, 1.82) is 0 Å². The van der Waals surface area contributed by atoms with Gasteiger partial charge in [-0.15, -0.1) is 0 Å². The van der Waals surface area contributed by atoms with Gasteiger partial charge in [0.15, 0.2) is 0 Å². The Kier molecular flexibility index (Phi) is 3.72. The fraction of sp³-hybridized carbons (Fsp3) is 0.500. The lowest BCUT2D eigenvalue weighted by molar-refractivity contribution is -0.130. The number of carbonyl (C=O) groups excluding carboxylic acids is 2. The monoisotopic (exact) mass is 273 g/mol. The number of imide groups is 1. The minimum Gasteiger partial charge on any atom is -0.444 e. The second-order valence-electron chi connectivity index (χ2n) is 5.64. The van der Waals surface area contributed by atoms with E-state index in [1.54, 1.807) is 0 Å². The Morgan fingerprint density at radius 3 is 2.70 bits per heavy atom. The van der Waals surface area contributed by atoms with Crippen molar-refractivity contribution in [3.8, 4) is 0 Å². The van der Waals surface area contributed by atoms with Crippen LogP contribution >= 0.6 is 0 Å². The second-order valence-corrected chi connectivity index (χ2v) is 5.64. The van der Waals surface area contributed by atoms with Crippen LogP contribution in [0.1, 0.15) is 31.2 Å². The summed E-state index contributed by atoms with van der Waals surface area (Å²) in [4.78, 5) is 25.6. The number of ether oxygens (including phenoxy) is 1. The molecule has 106 valence electrons. The van der Waals surface area contributed by atoms with Crippen molar-refractivity contribution in [2.75, 3.05) is 6.54 Å². The predicted molar refractivity (Wildman–Crippen MR) is 73.8 cm³/mol. The summed E-state index contributed by atoms with van der Waals surface area (Å²) in [5.74, 6) is 0.362. The normalized spacial score (nSPS) is 25.4. The van der Waals surface area contributed by atoms with E-state index in [4.69, 9.17) is 4.74 Å². The summed E-state index contributed by atoms with van der Waals surface area (Å²) >= 11 is 0. The SMILES string of the molecule is O=C(OCc1ccccc1)N1C[C@H]2CCCC[C@H]2C1=O. The van der Waals surface area contributed by atoms with Gasteiger partial charge in [-0.3, -0.25) is 4.79 Å². The zero-order valence-corrected chi connectivity index (χ0v) is 11.5. The Labute approximate surface area is 118 Å². The van der Waals surface area contributed by atoms with E-state index in [-0.39, 0.29) is 18.4 Å². The quantitative estimate of drug-likeness (QED) is 0.832. The van der Waals surface area contributed by atoms with E-state index in [1.807, 2.05) is 30.3 Å². The van der Waals surface area contributed by atoms with E-state index in [2.05, 4.69) is 0 Å². The van der Waals surface area contributed by atoms with Gasteiger partial charge in [-0.2, -0.15) is 0 Å². The molecule has 3 rings (SSSR count). The number of benzene rings is 1. The first kappa shape index (κ1) is 13.2. The van der Waals surface area contributed by atoms with Gasteiger partial charge in [0.1, 0.15) is 6.61 Å². The van der Waals surface area contributed by atoms with Crippen LogP contribution in [0.5, 0.6) is 0 Å². The molecule has 2 fully saturated rings. The molecule has 1 heterocycles. The highest BCUT2D eigenvalue weighted by atomic mass is 16.6. The second kappa shape index (κ2) is 5.65. The van der Waals surface area contributed by atoms with Gasteiger partial charge in [-0.1, -0.05) is 43.2 Å². The van der Waals surface area contributed by atoms with Crippen LogP contribution in [0.4, 0.5) is 4.79 Å². The van der Waals surface area contributed by atoms with Crippen LogP contribution in [0.3, 0.4) is 0 Å². The van der Waals surface area contributed by atoms with Crippen LogP contribution in [-0.4, -0.2) is 23.4 Å². The zero-order chi connectivity index (χ0) is 13.9. The molecule has 2 atom stereocenters. The molecule has 1 aliphatic heterocycles. The van der Waals surface area contributed by atoms with Gasteiger partial charge >= 0.3 is 6.09 Å². The molecule has 0 unspecified atom stereocenters. The van der Waals surface area contributed by atoms with Crippen LogP contribution < -0.4 is 0 Å². The minimum atomic E-state index is -0.492. The molecular formula is C16H19NO3. The van der Waals surface area contributed by atoms with Crippen LogP contribution in [0.15, 0.2) is 30.3 Å². The molecule has 4 nitrogen and oxygen atoms in total. The van der Waals surface area contributed by atoms with Gasteiger partial charge in [0.25, 0.3) is 0 Å².